The summed E-state index contributed by atoms with van der Waals surface area (Å²) in [6, 6.07) is 10.6. The molecule has 0 aliphatic carbocycles. The van der Waals surface area contributed by atoms with Gasteiger partial charge in [-0.3, -0.25) is 9.59 Å². The number of ether oxygens (including phenoxy) is 2. The van der Waals surface area contributed by atoms with Gasteiger partial charge in [-0.2, -0.15) is 0 Å². The average Bonchev–Trinajstić information content (AvgIpc) is 2.51. The number of rotatable bonds is 6. The van der Waals surface area contributed by atoms with Gasteiger partial charge in [0.2, 0.25) is 0 Å². The van der Waals surface area contributed by atoms with E-state index in [1.807, 2.05) is 32.0 Å². The Morgan fingerprint density at radius 1 is 1.13 bits per heavy atom. The second-order valence-corrected chi connectivity index (χ2v) is 5.23. The first kappa shape index (κ1) is 16.5. The molecule has 0 aliphatic heterocycles. The molecule has 0 fully saturated rings. The monoisotopic (exact) mass is 313 g/mol. The number of aryl methyl sites for hydroxylation is 2. The van der Waals surface area contributed by atoms with E-state index >= 15 is 0 Å². The zero-order valence-electron chi connectivity index (χ0n) is 13.4. The van der Waals surface area contributed by atoms with Crippen LogP contribution >= 0.6 is 0 Å². The highest BCUT2D eigenvalue weighted by Crippen LogP contribution is 2.22. The minimum absolute atomic E-state index is 0.180. The van der Waals surface area contributed by atoms with Crippen molar-refractivity contribution in [3.05, 3.63) is 53.1 Å². The van der Waals surface area contributed by atoms with Crippen molar-refractivity contribution in [1.29, 1.82) is 0 Å². The molecular weight excluding hydrogens is 294 g/mol. The molecule has 0 aliphatic rings. The first-order valence-corrected chi connectivity index (χ1v) is 7.16. The smallest absolute Gasteiger partial charge is 0.262 e. The number of anilines is 1. The second kappa shape index (κ2) is 7.45. The molecule has 2 aromatic carbocycles. The second-order valence-electron chi connectivity index (χ2n) is 5.23. The number of methoxy groups -OCH3 is 1. The quantitative estimate of drug-likeness (QED) is 0.832. The third kappa shape index (κ3) is 4.57. The average molecular weight is 313 g/mol. The van der Waals surface area contributed by atoms with Crippen molar-refractivity contribution in [2.75, 3.05) is 19.0 Å². The van der Waals surface area contributed by atoms with Gasteiger partial charge >= 0.3 is 0 Å². The lowest BCUT2D eigenvalue weighted by Crippen LogP contribution is -2.20. The molecule has 0 bridgehead atoms. The fourth-order valence-corrected chi connectivity index (χ4v) is 2.26. The molecule has 2 rings (SSSR count). The predicted octanol–water partition coefficient (Wildman–Crippen LogP) is 3.14. The van der Waals surface area contributed by atoms with Crippen LogP contribution in [0.2, 0.25) is 0 Å². The van der Waals surface area contributed by atoms with Gasteiger partial charge in [-0.05, 0) is 55.3 Å². The minimum atomic E-state index is -0.289. The normalized spacial score (nSPS) is 10.0. The van der Waals surface area contributed by atoms with E-state index in [2.05, 4.69) is 5.32 Å². The Labute approximate surface area is 135 Å². The summed E-state index contributed by atoms with van der Waals surface area (Å²) in [6.07, 6.45) is 0.666. The topological polar surface area (TPSA) is 64.6 Å². The Balaban J connectivity index is 2.00. The van der Waals surface area contributed by atoms with Crippen LogP contribution in [0.15, 0.2) is 36.4 Å². The largest absolute Gasteiger partial charge is 0.497 e. The molecule has 0 saturated carbocycles. The van der Waals surface area contributed by atoms with Gasteiger partial charge in [0.05, 0.1) is 12.7 Å². The van der Waals surface area contributed by atoms with Crippen molar-refractivity contribution in [2.24, 2.45) is 0 Å². The highest BCUT2D eigenvalue weighted by atomic mass is 16.5. The summed E-state index contributed by atoms with van der Waals surface area (Å²) in [6.45, 7) is 3.75. The standard InChI is InChI=1S/C18H19NO4/c1-12-6-13(2)8-15(7-12)19-18(21)11-23-17-5-4-16(22-3)9-14(17)10-20/h4-10H,11H2,1-3H3,(H,19,21). The van der Waals surface area contributed by atoms with Crippen LogP contribution in [0.5, 0.6) is 11.5 Å². The SMILES string of the molecule is COc1ccc(OCC(=O)Nc2cc(C)cc(C)c2)c(C=O)c1. The molecule has 0 heterocycles. The Morgan fingerprint density at radius 2 is 1.83 bits per heavy atom. The van der Waals surface area contributed by atoms with E-state index in [0.717, 1.165) is 16.8 Å². The van der Waals surface area contributed by atoms with E-state index in [-0.39, 0.29) is 12.5 Å². The Morgan fingerprint density at radius 3 is 2.43 bits per heavy atom. The number of aldehydes is 1. The van der Waals surface area contributed by atoms with Gasteiger partial charge in [-0.25, -0.2) is 0 Å². The van der Waals surface area contributed by atoms with Crippen molar-refractivity contribution in [3.8, 4) is 11.5 Å². The summed E-state index contributed by atoms with van der Waals surface area (Å²) in [7, 11) is 1.52. The zero-order valence-corrected chi connectivity index (χ0v) is 13.4. The highest BCUT2D eigenvalue weighted by molar-refractivity contribution is 5.92. The molecule has 0 aromatic heterocycles. The summed E-state index contributed by atoms with van der Waals surface area (Å²) in [5.41, 5.74) is 3.20. The van der Waals surface area contributed by atoms with E-state index in [1.54, 1.807) is 18.2 Å². The van der Waals surface area contributed by atoms with E-state index in [4.69, 9.17) is 9.47 Å². The first-order valence-electron chi connectivity index (χ1n) is 7.16. The van der Waals surface area contributed by atoms with Crippen LogP contribution in [0.4, 0.5) is 5.69 Å². The number of amides is 1. The molecule has 1 N–H and O–H groups in total. The maximum atomic E-state index is 12.0. The number of hydrogen-bond acceptors (Lipinski definition) is 4. The lowest BCUT2D eigenvalue weighted by atomic mass is 10.1. The van der Waals surface area contributed by atoms with Crippen molar-refractivity contribution >= 4 is 17.9 Å². The molecule has 0 saturated heterocycles. The number of nitrogens with one attached hydrogen (secondary N) is 1. The van der Waals surface area contributed by atoms with E-state index in [9.17, 15) is 9.59 Å². The van der Waals surface area contributed by atoms with Crippen LogP contribution in [0, 0.1) is 13.8 Å². The molecule has 5 nitrogen and oxygen atoms in total. The number of carbonyl (C=O) groups excluding carboxylic acids is 2. The highest BCUT2D eigenvalue weighted by Gasteiger charge is 2.09. The minimum Gasteiger partial charge on any atom is -0.497 e. The molecule has 5 heteroatoms. The van der Waals surface area contributed by atoms with Crippen LogP contribution in [-0.2, 0) is 4.79 Å². The molecule has 120 valence electrons. The van der Waals surface area contributed by atoms with Crippen molar-refractivity contribution in [3.63, 3.8) is 0 Å². The van der Waals surface area contributed by atoms with Gasteiger partial charge in [-0.1, -0.05) is 6.07 Å². The van der Waals surface area contributed by atoms with Gasteiger partial charge in [0.1, 0.15) is 11.5 Å². The molecular formula is C18H19NO4. The van der Waals surface area contributed by atoms with Gasteiger partial charge < -0.3 is 14.8 Å². The van der Waals surface area contributed by atoms with Gasteiger partial charge in [0.25, 0.3) is 5.91 Å². The van der Waals surface area contributed by atoms with Crippen molar-refractivity contribution in [2.45, 2.75) is 13.8 Å². The maximum Gasteiger partial charge on any atom is 0.262 e. The summed E-state index contributed by atoms with van der Waals surface area (Å²) in [5.74, 6) is 0.609. The summed E-state index contributed by atoms with van der Waals surface area (Å²) in [4.78, 5) is 23.1. The summed E-state index contributed by atoms with van der Waals surface area (Å²) < 4.78 is 10.5. The molecule has 0 atom stereocenters. The first-order chi connectivity index (χ1) is 11.0. The maximum absolute atomic E-state index is 12.0. The van der Waals surface area contributed by atoms with Gasteiger partial charge in [-0.15, -0.1) is 0 Å². The Kier molecular flexibility index (Phi) is 5.36. The fourth-order valence-electron chi connectivity index (χ4n) is 2.26. The van der Waals surface area contributed by atoms with E-state index in [1.165, 1.54) is 7.11 Å². The Bertz CT molecular complexity index is 705. The summed E-state index contributed by atoms with van der Waals surface area (Å²) >= 11 is 0. The molecule has 23 heavy (non-hydrogen) atoms. The van der Waals surface area contributed by atoms with Crippen molar-refractivity contribution in [1.82, 2.24) is 0 Å². The predicted molar refractivity (Wildman–Crippen MR) is 88.4 cm³/mol. The fraction of sp³-hybridized carbons (Fsp3) is 0.222. The molecule has 2 aromatic rings. The Hall–Kier alpha value is -2.82. The van der Waals surface area contributed by atoms with Crippen LogP contribution in [0.25, 0.3) is 0 Å². The third-order valence-corrected chi connectivity index (χ3v) is 3.21. The lowest BCUT2D eigenvalue weighted by Gasteiger charge is -2.11. The van der Waals surface area contributed by atoms with Gasteiger partial charge in [0, 0.05) is 5.69 Å². The lowest BCUT2D eigenvalue weighted by molar-refractivity contribution is -0.118. The number of carbonyl (C=O) groups is 2. The number of benzene rings is 2. The van der Waals surface area contributed by atoms with Crippen LogP contribution in [0.1, 0.15) is 21.5 Å². The molecule has 1 amide bonds. The summed E-state index contributed by atoms with van der Waals surface area (Å²) in [5, 5.41) is 2.78. The van der Waals surface area contributed by atoms with E-state index in [0.29, 0.717) is 23.3 Å². The van der Waals surface area contributed by atoms with Crippen molar-refractivity contribution < 1.29 is 19.1 Å². The zero-order chi connectivity index (χ0) is 16.8. The molecule has 0 spiro atoms. The van der Waals surface area contributed by atoms with Crippen LogP contribution < -0.4 is 14.8 Å². The molecule has 0 radical (unpaired) electrons. The molecule has 0 unspecified atom stereocenters. The number of hydrogen-bond donors (Lipinski definition) is 1. The van der Waals surface area contributed by atoms with Crippen LogP contribution in [0.3, 0.4) is 0 Å². The van der Waals surface area contributed by atoms with Gasteiger partial charge in [0.15, 0.2) is 12.9 Å². The van der Waals surface area contributed by atoms with Crippen LogP contribution in [-0.4, -0.2) is 25.9 Å². The van der Waals surface area contributed by atoms with E-state index < -0.39 is 0 Å². The third-order valence-electron chi connectivity index (χ3n) is 3.21.